The summed E-state index contributed by atoms with van der Waals surface area (Å²) >= 11 is 12.1. The van der Waals surface area contributed by atoms with Gasteiger partial charge in [-0.15, -0.1) is 0 Å². The van der Waals surface area contributed by atoms with Crippen LogP contribution in [0.2, 0.25) is 10.0 Å². The number of allylic oxidation sites excluding steroid dienone is 2. The predicted molar refractivity (Wildman–Crippen MR) is 122 cm³/mol. The molecule has 29 heavy (non-hydrogen) atoms. The van der Waals surface area contributed by atoms with Gasteiger partial charge in [-0.2, -0.15) is 0 Å². The van der Waals surface area contributed by atoms with Crippen LogP contribution in [-0.4, -0.2) is 32.1 Å². The zero-order valence-corrected chi connectivity index (χ0v) is 17.8. The number of fused-ring (bicyclic) bond motifs is 1. The van der Waals surface area contributed by atoms with Crippen molar-refractivity contribution in [3.63, 3.8) is 0 Å². The summed E-state index contributed by atoms with van der Waals surface area (Å²) in [6.45, 7) is 0. The van der Waals surface area contributed by atoms with Crippen LogP contribution in [-0.2, 0) is 9.53 Å². The minimum absolute atomic E-state index is 0.192. The fraction of sp³-hybridized carbons (Fsp3) is 0.136. The highest BCUT2D eigenvalue weighted by molar-refractivity contribution is 6.42. The second-order valence-corrected chi connectivity index (χ2v) is 7.35. The Labute approximate surface area is 179 Å². The molecule has 0 unspecified atom stereocenters. The molecule has 3 rings (SSSR count). The maximum Gasteiger partial charge on any atom is 0.290 e. The van der Waals surface area contributed by atoms with Crippen molar-refractivity contribution in [2.24, 2.45) is 0 Å². The fourth-order valence-electron chi connectivity index (χ4n) is 2.87. The van der Waals surface area contributed by atoms with E-state index < -0.39 is 0 Å². The Morgan fingerprint density at radius 3 is 2.59 bits per heavy atom. The van der Waals surface area contributed by atoms with Crippen LogP contribution in [0.5, 0.6) is 0 Å². The molecule has 1 aromatic heterocycles. The fourth-order valence-corrected chi connectivity index (χ4v) is 3.20. The quantitative estimate of drug-likeness (QED) is 0.299. The van der Waals surface area contributed by atoms with Crippen LogP contribution in [0, 0.1) is 0 Å². The van der Waals surface area contributed by atoms with Crippen LogP contribution >= 0.6 is 23.2 Å². The van der Waals surface area contributed by atoms with Gasteiger partial charge in [-0.3, -0.25) is 4.79 Å². The van der Waals surface area contributed by atoms with E-state index in [2.05, 4.69) is 10.3 Å². The predicted octanol–water partition coefficient (Wildman–Crippen LogP) is 5.72. The zero-order valence-electron chi connectivity index (χ0n) is 16.3. The largest absolute Gasteiger partial charge is 0.491 e. The number of nitrogens with one attached hydrogen (secondary N) is 2. The van der Waals surface area contributed by atoms with Gasteiger partial charge in [0.1, 0.15) is 0 Å². The monoisotopic (exact) mass is 429 g/mol. The van der Waals surface area contributed by atoms with E-state index in [0.29, 0.717) is 15.7 Å². The summed E-state index contributed by atoms with van der Waals surface area (Å²) in [5.41, 5.74) is 3.34. The second kappa shape index (κ2) is 9.07. The summed E-state index contributed by atoms with van der Waals surface area (Å²) in [6, 6.07) is 13.1. The smallest absolute Gasteiger partial charge is 0.290 e. The molecule has 7 heteroatoms. The van der Waals surface area contributed by atoms with Crippen molar-refractivity contribution in [1.82, 2.24) is 4.98 Å². The molecule has 0 spiro atoms. The van der Waals surface area contributed by atoms with Crippen LogP contribution < -0.4 is 10.2 Å². The topological polar surface area (TPSA) is 57.4 Å². The molecule has 3 aromatic rings. The zero-order chi connectivity index (χ0) is 21.0. The molecule has 0 atom stereocenters. The molecule has 2 aromatic carbocycles. The number of carbonyl (C=O) groups is 1. The minimum Gasteiger partial charge on any atom is -0.491 e. The van der Waals surface area contributed by atoms with Gasteiger partial charge in [-0.1, -0.05) is 41.4 Å². The first-order valence-electron chi connectivity index (χ1n) is 8.87. The SMILES string of the molecule is COC(=CC=Cc1cc2cc(Cl)c(Cl)cc2[nH]1)C(=O)Nc1ccccc1N(C)C. The number of hydrogen-bond acceptors (Lipinski definition) is 3. The van der Waals surface area contributed by atoms with E-state index in [1.54, 1.807) is 24.3 Å². The minimum atomic E-state index is -0.332. The van der Waals surface area contributed by atoms with Gasteiger partial charge >= 0.3 is 0 Å². The van der Waals surface area contributed by atoms with Crippen molar-refractivity contribution in [2.75, 3.05) is 31.4 Å². The van der Waals surface area contributed by atoms with Crippen LogP contribution in [0.4, 0.5) is 11.4 Å². The van der Waals surface area contributed by atoms with Crippen molar-refractivity contribution in [3.05, 3.63) is 76.1 Å². The van der Waals surface area contributed by atoms with Crippen molar-refractivity contribution in [3.8, 4) is 0 Å². The number of rotatable bonds is 6. The Kier molecular flexibility index (Phi) is 6.52. The lowest BCUT2D eigenvalue weighted by molar-refractivity contribution is -0.115. The molecule has 5 nitrogen and oxygen atoms in total. The van der Waals surface area contributed by atoms with Crippen molar-refractivity contribution < 1.29 is 9.53 Å². The number of halogens is 2. The highest BCUT2D eigenvalue weighted by Crippen LogP contribution is 2.28. The summed E-state index contributed by atoms with van der Waals surface area (Å²) in [4.78, 5) is 17.8. The molecule has 0 bridgehead atoms. The molecule has 1 heterocycles. The Balaban J connectivity index is 1.77. The summed E-state index contributed by atoms with van der Waals surface area (Å²) < 4.78 is 5.25. The number of methoxy groups -OCH3 is 1. The van der Waals surface area contributed by atoms with E-state index in [9.17, 15) is 4.79 Å². The number of nitrogens with zero attached hydrogens (tertiary/aromatic N) is 1. The Morgan fingerprint density at radius 1 is 1.14 bits per heavy atom. The van der Waals surface area contributed by atoms with Crippen molar-refractivity contribution in [1.29, 1.82) is 0 Å². The van der Waals surface area contributed by atoms with Gasteiger partial charge in [0.2, 0.25) is 0 Å². The van der Waals surface area contributed by atoms with Crippen LogP contribution in [0.25, 0.3) is 17.0 Å². The number of hydrogen-bond donors (Lipinski definition) is 2. The van der Waals surface area contributed by atoms with Gasteiger partial charge in [0.15, 0.2) is 5.76 Å². The van der Waals surface area contributed by atoms with Crippen molar-refractivity contribution in [2.45, 2.75) is 0 Å². The molecule has 0 radical (unpaired) electrons. The highest BCUT2D eigenvalue weighted by Gasteiger charge is 2.12. The standard InChI is InChI=1S/C22H21Cl2N3O2/c1-27(2)20-9-5-4-8-18(20)26-22(28)21(29-3)10-6-7-15-11-14-12-16(23)17(24)13-19(14)25-15/h4-13,25H,1-3H3,(H,26,28). The van der Waals surface area contributed by atoms with E-state index in [-0.39, 0.29) is 11.7 Å². The molecule has 2 N–H and O–H groups in total. The number of ether oxygens (including phenoxy) is 1. The third-order valence-electron chi connectivity index (χ3n) is 4.28. The van der Waals surface area contributed by atoms with Crippen LogP contribution in [0.1, 0.15) is 5.69 Å². The number of aromatic amines is 1. The Bertz CT molecular complexity index is 1060. The highest BCUT2D eigenvalue weighted by atomic mass is 35.5. The van der Waals surface area contributed by atoms with Crippen molar-refractivity contribution >= 4 is 57.5 Å². The van der Waals surface area contributed by atoms with E-state index in [4.69, 9.17) is 27.9 Å². The lowest BCUT2D eigenvalue weighted by Crippen LogP contribution is -2.18. The van der Waals surface area contributed by atoms with E-state index in [1.807, 2.05) is 55.4 Å². The molecule has 150 valence electrons. The van der Waals surface area contributed by atoms with Gasteiger partial charge in [0, 0.05) is 30.7 Å². The van der Waals surface area contributed by atoms with E-state index in [0.717, 1.165) is 22.3 Å². The molecule has 0 saturated carbocycles. The Morgan fingerprint density at radius 2 is 1.86 bits per heavy atom. The molecular formula is C22H21Cl2N3O2. The normalized spacial score (nSPS) is 11.8. The number of H-pyrrole nitrogens is 1. The number of aromatic nitrogens is 1. The lowest BCUT2D eigenvalue weighted by atomic mass is 10.2. The Hall–Kier alpha value is -2.89. The maximum atomic E-state index is 12.6. The number of amides is 1. The van der Waals surface area contributed by atoms with Gasteiger partial charge in [0.05, 0.1) is 28.5 Å². The lowest BCUT2D eigenvalue weighted by Gasteiger charge is -2.18. The first-order valence-corrected chi connectivity index (χ1v) is 9.62. The third kappa shape index (κ3) is 4.94. The van der Waals surface area contributed by atoms with E-state index in [1.165, 1.54) is 7.11 Å². The summed E-state index contributed by atoms with van der Waals surface area (Å²) in [5, 5.41) is 4.83. The summed E-state index contributed by atoms with van der Waals surface area (Å²) in [5.74, 6) is -0.140. The second-order valence-electron chi connectivity index (χ2n) is 6.54. The van der Waals surface area contributed by atoms with Crippen LogP contribution in [0.15, 0.2) is 60.4 Å². The van der Waals surface area contributed by atoms with Gasteiger partial charge in [0.25, 0.3) is 5.91 Å². The van der Waals surface area contributed by atoms with Gasteiger partial charge < -0.3 is 19.9 Å². The van der Waals surface area contributed by atoms with E-state index >= 15 is 0 Å². The average Bonchev–Trinajstić information content (AvgIpc) is 3.07. The number of carbonyl (C=O) groups excluding carboxylic acids is 1. The third-order valence-corrected chi connectivity index (χ3v) is 5.01. The number of para-hydroxylation sites is 2. The molecule has 0 fully saturated rings. The van der Waals surface area contributed by atoms with Crippen LogP contribution in [0.3, 0.4) is 0 Å². The molecule has 0 saturated heterocycles. The molecule has 1 amide bonds. The molecule has 0 aliphatic rings. The summed E-state index contributed by atoms with van der Waals surface area (Å²) in [6.07, 6.45) is 5.19. The average molecular weight is 430 g/mol. The van der Waals surface area contributed by atoms with Gasteiger partial charge in [-0.05, 0) is 42.5 Å². The first-order chi connectivity index (χ1) is 13.9. The van der Waals surface area contributed by atoms with Gasteiger partial charge in [-0.25, -0.2) is 0 Å². The molecule has 0 aliphatic carbocycles. The number of benzene rings is 2. The molecule has 0 aliphatic heterocycles. The molecular weight excluding hydrogens is 409 g/mol. The first kappa shape index (κ1) is 20.8. The maximum absolute atomic E-state index is 12.6. The summed E-state index contributed by atoms with van der Waals surface area (Å²) in [7, 11) is 5.30. The number of anilines is 2.